The average molecular weight is 318 g/mol. The number of hydrogen-bond acceptors (Lipinski definition) is 4. The van der Waals surface area contributed by atoms with E-state index >= 15 is 0 Å². The van der Waals surface area contributed by atoms with Gasteiger partial charge in [-0.1, -0.05) is 51.4 Å². The molecule has 0 aliphatic carbocycles. The molecule has 0 bridgehead atoms. The number of carbonyl (C=O) groups is 2. The van der Waals surface area contributed by atoms with Crippen LogP contribution in [0.2, 0.25) is 0 Å². The number of aliphatic carboxylic acids is 2. The van der Waals surface area contributed by atoms with E-state index in [1.54, 1.807) is 0 Å². The highest BCUT2D eigenvalue weighted by molar-refractivity contribution is 5.75. The highest BCUT2D eigenvalue weighted by atomic mass is 16.4. The van der Waals surface area contributed by atoms with E-state index in [1.165, 1.54) is 64.2 Å². The molecule has 0 aromatic carbocycles. The Hall–Kier alpha value is -1.14. The minimum atomic E-state index is -1.08. The zero-order valence-electron chi connectivity index (χ0n) is 13.8. The number of carboxylic acid groups (broad SMARTS) is 2. The van der Waals surface area contributed by atoms with Gasteiger partial charge in [-0.25, -0.2) is 0 Å². The lowest BCUT2D eigenvalue weighted by molar-refractivity contribution is -0.143. The maximum atomic E-state index is 9.64. The summed E-state index contributed by atoms with van der Waals surface area (Å²) in [7, 11) is 0. The molecular formula is C16H34N2O4. The van der Waals surface area contributed by atoms with Crippen molar-refractivity contribution in [3.63, 3.8) is 0 Å². The van der Waals surface area contributed by atoms with Gasteiger partial charge < -0.3 is 21.7 Å². The minimum Gasteiger partial charge on any atom is -0.481 e. The first-order chi connectivity index (χ1) is 10.5. The van der Waals surface area contributed by atoms with Crippen molar-refractivity contribution < 1.29 is 19.8 Å². The molecule has 0 fully saturated rings. The van der Waals surface area contributed by atoms with Gasteiger partial charge in [0.2, 0.25) is 0 Å². The van der Waals surface area contributed by atoms with E-state index in [1.807, 2.05) is 0 Å². The highest BCUT2D eigenvalue weighted by Gasteiger charge is 2.00. The van der Waals surface area contributed by atoms with Crippen molar-refractivity contribution in [3.05, 3.63) is 0 Å². The first-order valence-corrected chi connectivity index (χ1v) is 8.38. The predicted molar refractivity (Wildman–Crippen MR) is 88.8 cm³/mol. The SMILES string of the molecule is NCCCCCCCCCCCCN.O=C(O)CCC(=O)O. The Labute approximate surface area is 134 Å². The van der Waals surface area contributed by atoms with E-state index in [9.17, 15) is 9.59 Å². The molecule has 0 amide bonds. The Kier molecular flexibility index (Phi) is 20.9. The smallest absolute Gasteiger partial charge is 0.303 e. The predicted octanol–water partition coefficient (Wildman–Crippen LogP) is 2.74. The second-order valence-corrected chi connectivity index (χ2v) is 5.40. The zero-order chi connectivity index (χ0) is 17.1. The fourth-order valence-corrected chi connectivity index (χ4v) is 1.92. The molecule has 0 aliphatic rings. The number of rotatable bonds is 14. The molecular weight excluding hydrogens is 284 g/mol. The lowest BCUT2D eigenvalue weighted by Gasteiger charge is -2.01. The fourth-order valence-electron chi connectivity index (χ4n) is 1.92. The number of carboxylic acids is 2. The van der Waals surface area contributed by atoms with Crippen molar-refractivity contribution >= 4 is 11.9 Å². The van der Waals surface area contributed by atoms with Crippen LogP contribution in [0.15, 0.2) is 0 Å². The third-order valence-corrected chi connectivity index (χ3v) is 3.21. The van der Waals surface area contributed by atoms with Crippen molar-refractivity contribution in [3.8, 4) is 0 Å². The average Bonchev–Trinajstić information content (AvgIpc) is 2.48. The van der Waals surface area contributed by atoms with Gasteiger partial charge in [0, 0.05) is 0 Å². The zero-order valence-corrected chi connectivity index (χ0v) is 13.8. The molecule has 0 radical (unpaired) electrons. The van der Waals surface area contributed by atoms with Crippen molar-refractivity contribution in [2.75, 3.05) is 13.1 Å². The molecule has 0 saturated heterocycles. The van der Waals surface area contributed by atoms with Gasteiger partial charge in [-0.3, -0.25) is 9.59 Å². The molecule has 6 N–H and O–H groups in total. The second kappa shape index (κ2) is 19.9. The Morgan fingerprint density at radius 1 is 0.545 bits per heavy atom. The Bertz CT molecular complexity index is 235. The van der Waals surface area contributed by atoms with E-state index in [4.69, 9.17) is 21.7 Å². The molecule has 6 nitrogen and oxygen atoms in total. The summed E-state index contributed by atoms with van der Waals surface area (Å²) >= 11 is 0. The fraction of sp³-hybridized carbons (Fsp3) is 0.875. The van der Waals surface area contributed by atoms with Gasteiger partial charge >= 0.3 is 11.9 Å². The summed E-state index contributed by atoms with van der Waals surface area (Å²) in [6.45, 7) is 1.72. The maximum Gasteiger partial charge on any atom is 0.303 e. The third-order valence-electron chi connectivity index (χ3n) is 3.21. The summed E-state index contributed by atoms with van der Waals surface area (Å²) in [4.78, 5) is 19.3. The summed E-state index contributed by atoms with van der Waals surface area (Å²) < 4.78 is 0. The van der Waals surface area contributed by atoms with Crippen LogP contribution in [0.3, 0.4) is 0 Å². The van der Waals surface area contributed by atoms with Crippen LogP contribution in [-0.2, 0) is 9.59 Å². The van der Waals surface area contributed by atoms with E-state index in [-0.39, 0.29) is 12.8 Å². The Morgan fingerprint density at radius 2 is 0.773 bits per heavy atom. The van der Waals surface area contributed by atoms with E-state index < -0.39 is 11.9 Å². The summed E-state index contributed by atoms with van der Waals surface area (Å²) in [5.41, 5.74) is 10.9. The largest absolute Gasteiger partial charge is 0.481 e. The van der Waals surface area contributed by atoms with Crippen LogP contribution in [-0.4, -0.2) is 35.2 Å². The van der Waals surface area contributed by atoms with Crippen LogP contribution < -0.4 is 11.5 Å². The lowest BCUT2D eigenvalue weighted by Crippen LogP contribution is -2.00. The van der Waals surface area contributed by atoms with Crippen molar-refractivity contribution in [2.24, 2.45) is 11.5 Å². The standard InChI is InChI=1S/C12H28N2.C4H6O4/c13-11-9-7-5-3-1-2-4-6-8-10-12-14;5-3(6)1-2-4(7)8/h1-14H2;1-2H2,(H,5,6)(H,7,8). The Morgan fingerprint density at radius 3 is 0.955 bits per heavy atom. The van der Waals surface area contributed by atoms with Gasteiger partial charge in [-0.15, -0.1) is 0 Å². The minimum absolute atomic E-state index is 0.296. The first-order valence-electron chi connectivity index (χ1n) is 8.38. The van der Waals surface area contributed by atoms with Crippen molar-refractivity contribution in [1.29, 1.82) is 0 Å². The normalized spacial score (nSPS) is 9.91. The molecule has 0 aromatic heterocycles. The van der Waals surface area contributed by atoms with Gasteiger partial charge in [0.15, 0.2) is 0 Å². The molecule has 0 saturated carbocycles. The molecule has 0 rings (SSSR count). The van der Waals surface area contributed by atoms with Crippen LogP contribution in [0, 0.1) is 0 Å². The summed E-state index contributed by atoms with van der Waals surface area (Å²) in [6.07, 6.45) is 12.8. The topological polar surface area (TPSA) is 127 Å². The first kappa shape index (κ1) is 23.1. The van der Waals surface area contributed by atoms with Crippen LogP contribution in [0.4, 0.5) is 0 Å². The summed E-state index contributed by atoms with van der Waals surface area (Å²) in [5, 5.41) is 15.8. The molecule has 0 aliphatic heterocycles. The number of hydrogen-bond donors (Lipinski definition) is 4. The summed E-state index contributed by atoms with van der Waals surface area (Å²) in [5.74, 6) is -2.15. The third kappa shape index (κ3) is 27.2. The van der Waals surface area contributed by atoms with E-state index in [0.29, 0.717) is 0 Å². The van der Waals surface area contributed by atoms with E-state index in [0.717, 1.165) is 13.1 Å². The molecule has 0 atom stereocenters. The van der Waals surface area contributed by atoms with Crippen molar-refractivity contribution in [1.82, 2.24) is 0 Å². The lowest BCUT2D eigenvalue weighted by atomic mass is 10.1. The highest BCUT2D eigenvalue weighted by Crippen LogP contribution is 2.09. The monoisotopic (exact) mass is 318 g/mol. The molecule has 6 heteroatoms. The molecule has 132 valence electrons. The molecule has 0 heterocycles. The van der Waals surface area contributed by atoms with E-state index in [2.05, 4.69) is 0 Å². The molecule has 0 aromatic rings. The van der Waals surface area contributed by atoms with Crippen LogP contribution >= 0.6 is 0 Å². The number of unbranched alkanes of at least 4 members (excludes halogenated alkanes) is 9. The van der Waals surface area contributed by atoms with Gasteiger partial charge in [-0.05, 0) is 25.9 Å². The van der Waals surface area contributed by atoms with Gasteiger partial charge in [0.25, 0.3) is 0 Å². The van der Waals surface area contributed by atoms with Crippen LogP contribution in [0.1, 0.15) is 77.0 Å². The van der Waals surface area contributed by atoms with Gasteiger partial charge in [0.05, 0.1) is 12.8 Å². The van der Waals surface area contributed by atoms with Gasteiger partial charge in [-0.2, -0.15) is 0 Å². The molecule has 0 unspecified atom stereocenters. The number of nitrogens with two attached hydrogens (primary N) is 2. The van der Waals surface area contributed by atoms with Crippen LogP contribution in [0.25, 0.3) is 0 Å². The van der Waals surface area contributed by atoms with Gasteiger partial charge in [0.1, 0.15) is 0 Å². The molecule has 22 heavy (non-hydrogen) atoms. The second-order valence-electron chi connectivity index (χ2n) is 5.40. The van der Waals surface area contributed by atoms with Crippen molar-refractivity contribution in [2.45, 2.75) is 77.0 Å². The Balaban J connectivity index is 0. The molecule has 0 spiro atoms. The summed E-state index contributed by atoms with van der Waals surface area (Å²) in [6, 6.07) is 0. The maximum absolute atomic E-state index is 9.64. The van der Waals surface area contributed by atoms with Crippen LogP contribution in [0.5, 0.6) is 0 Å². The quantitative estimate of drug-likeness (QED) is 0.365.